The van der Waals surface area contributed by atoms with Crippen molar-refractivity contribution >= 4 is 12.4 Å². The zero-order valence-electron chi connectivity index (χ0n) is 10.1. The molecule has 0 aliphatic carbocycles. The van der Waals surface area contributed by atoms with Gasteiger partial charge in [0.05, 0.1) is 5.56 Å². The standard InChI is InChI=1S/C12H19NO3.ClH/c1-7(2)3-4-9(13)12-10(15)5-8(14)6-11(12)16;/h5-7,9,14-16H,3-4,13H2,1-2H3;1H/t9-;/m1./s1. The molecule has 1 atom stereocenters. The van der Waals surface area contributed by atoms with Crippen molar-refractivity contribution in [2.75, 3.05) is 0 Å². The lowest BCUT2D eigenvalue weighted by atomic mass is 9.97. The maximum atomic E-state index is 9.61. The van der Waals surface area contributed by atoms with Crippen LogP contribution in [0.15, 0.2) is 12.1 Å². The predicted octanol–water partition coefficient (Wildman–Crippen LogP) is 2.66. The molecular weight excluding hydrogens is 242 g/mol. The van der Waals surface area contributed by atoms with Crippen LogP contribution in [0.1, 0.15) is 38.3 Å². The highest BCUT2D eigenvalue weighted by Crippen LogP contribution is 2.37. The largest absolute Gasteiger partial charge is 0.508 e. The third kappa shape index (κ3) is 4.32. The van der Waals surface area contributed by atoms with Crippen molar-refractivity contribution in [1.82, 2.24) is 0 Å². The second-order valence-electron chi connectivity index (χ2n) is 4.48. The number of hydrogen-bond donors (Lipinski definition) is 4. The minimum atomic E-state index is -0.414. The summed E-state index contributed by atoms with van der Waals surface area (Å²) in [5, 5.41) is 28.4. The summed E-state index contributed by atoms with van der Waals surface area (Å²) in [5.74, 6) is 0.0322. The average Bonchev–Trinajstić information content (AvgIpc) is 2.12. The van der Waals surface area contributed by atoms with Gasteiger partial charge in [-0.1, -0.05) is 13.8 Å². The van der Waals surface area contributed by atoms with Crippen LogP contribution in [0.2, 0.25) is 0 Å². The van der Waals surface area contributed by atoms with Crippen LogP contribution in [-0.4, -0.2) is 15.3 Å². The highest BCUT2D eigenvalue weighted by molar-refractivity contribution is 5.85. The Morgan fingerprint density at radius 1 is 1.06 bits per heavy atom. The minimum absolute atomic E-state index is 0. The normalized spacial score (nSPS) is 12.2. The van der Waals surface area contributed by atoms with Crippen molar-refractivity contribution in [3.63, 3.8) is 0 Å². The molecule has 1 aromatic rings. The number of aromatic hydroxyl groups is 3. The van der Waals surface area contributed by atoms with Gasteiger partial charge in [-0.25, -0.2) is 0 Å². The Hall–Kier alpha value is -1.13. The molecule has 0 aromatic heterocycles. The SMILES string of the molecule is CC(C)CC[C@@H](N)c1c(O)cc(O)cc1O.Cl. The van der Waals surface area contributed by atoms with Crippen LogP contribution in [0.3, 0.4) is 0 Å². The molecule has 4 nitrogen and oxygen atoms in total. The summed E-state index contributed by atoms with van der Waals surface area (Å²) >= 11 is 0. The Morgan fingerprint density at radius 3 is 1.94 bits per heavy atom. The van der Waals surface area contributed by atoms with Crippen molar-refractivity contribution in [1.29, 1.82) is 0 Å². The second kappa shape index (κ2) is 6.57. The number of hydrogen-bond acceptors (Lipinski definition) is 4. The van der Waals surface area contributed by atoms with Crippen LogP contribution in [0, 0.1) is 5.92 Å². The smallest absolute Gasteiger partial charge is 0.127 e. The first-order valence-electron chi connectivity index (χ1n) is 5.42. The molecule has 0 amide bonds. The van der Waals surface area contributed by atoms with Gasteiger partial charge < -0.3 is 21.1 Å². The van der Waals surface area contributed by atoms with E-state index in [1.165, 1.54) is 12.1 Å². The lowest BCUT2D eigenvalue weighted by Gasteiger charge is -2.16. The highest BCUT2D eigenvalue weighted by atomic mass is 35.5. The molecular formula is C12H20ClNO3. The van der Waals surface area contributed by atoms with Gasteiger partial charge in [-0.3, -0.25) is 0 Å². The molecule has 0 spiro atoms. The molecule has 0 bridgehead atoms. The Kier molecular flexibility index (Phi) is 6.13. The molecule has 98 valence electrons. The van der Waals surface area contributed by atoms with E-state index in [0.717, 1.165) is 6.42 Å². The van der Waals surface area contributed by atoms with Crippen molar-refractivity contribution in [2.24, 2.45) is 11.7 Å². The van der Waals surface area contributed by atoms with E-state index in [9.17, 15) is 10.2 Å². The minimum Gasteiger partial charge on any atom is -0.508 e. The number of rotatable bonds is 4. The maximum absolute atomic E-state index is 9.61. The molecule has 5 N–H and O–H groups in total. The Labute approximate surface area is 107 Å². The summed E-state index contributed by atoms with van der Waals surface area (Å²) in [6.07, 6.45) is 1.60. The first-order valence-corrected chi connectivity index (χ1v) is 5.42. The molecule has 0 aliphatic heterocycles. The van der Waals surface area contributed by atoms with Crippen LogP contribution in [-0.2, 0) is 0 Å². The Bertz CT molecular complexity index is 346. The maximum Gasteiger partial charge on any atom is 0.127 e. The van der Waals surface area contributed by atoms with Gasteiger partial charge in [0.15, 0.2) is 0 Å². The summed E-state index contributed by atoms with van der Waals surface area (Å²) in [4.78, 5) is 0. The molecule has 0 saturated carbocycles. The van der Waals surface area contributed by atoms with E-state index in [0.29, 0.717) is 17.9 Å². The van der Waals surface area contributed by atoms with Crippen LogP contribution >= 0.6 is 12.4 Å². The van der Waals surface area contributed by atoms with Gasteiger partial charge in [0.1, 0.15) is 17.2 Å². The average molecular weight is 262 g/mol. The van der Waals surface area contributed by atoms with Gasteiger partial charge in [-0.05, 0) is 18.8 Å². The predicted molar refractivity (Wildman–Crippen MR) is 69.7 cm³/mol. The molecule has 0 heterocycles. The molecule has 0 saturated heterocycles. The third-order valence-corrected chi connectivity index (χ3v) is 2.55. The molecule has 0 unspecified atom stereocenters. The fourth-order valence-corrected chi connectivity index (χ4v) is 1.65. The second-order valence-corrected chi connectivity index (χ2v) is 4.48. The van der Waals surface area contributed by atoms with Gasteiger partial charge in [0.2, 0.25) is 0 Å². The monoisotopic (exact) mass is 261 g/mol. The number of halogens is 1. The van der Waals surface area contributed by atoms with Gasteiger partial charge in [-0.15, -0.1) is 12.4 Å². The van der Waals surface area contributed by atoms with Gasteiger partial charge in [0, 0.05) is 18.2 Å². The summed E-state index contributed by atoms with van der Waals surface area (Å²) < 4.78 is 0. The number of phenols is 3. The number of benzene rings is 1. The Morgan fingerprint density at radius 2 is 1.53 bits per heavy atom. The molecule has 1 aromatic carbocycles. The van der Waals surface area contributed by atoms with Crippen LogP contribution in [0.5, 0.6) is 17.2 Å². The summed E-state index contributed by atoms with van der Waals surface area (Å²) in [5.41, 5.74) is 6.20. The topological polar surface area (TPSA) is 86.7 Å². The van der Waals surface area contributed by atoms with E-state index in [4.69, 9.17) is 10.8 Å². The van der Waals surface area contributed by atoms with E-state index in [-0.39, 0.29) is 29.7 Å². The van der Waals surface area contributed by atoms with Crippen molar-refractivity contribution < 1.29 is 15.3 Å². The molecule has 1 rings (SSSR count). The van der Waals surface area contributed by atoms with E-state index >= 15 is 0 Å². The lowest BCUT2D eigenvalue weighted by Crippen LogP contribution is -2.11. The Balaban J connectivity index is 0.00000256. The lowest BCUT2D eigenvalue weighted by molar-refractivity contribution is 0.403. The van der Waals surface area contributed by atoms with Gasteiger partial charge >= 0.3 is 0 Å². The fraction of sp³-hybridized carbons (Fsp3) is 0.500. The van der Waals surface area contributed by atoms with Crippen molar-refractivity contribution in [3.8, 4) is 17.2 Å². The first kappa shape index (κ1) is 15.9. The van der Waals surface area contributed by atoms with Crippen LogP contribution in [0.4, 0.5) is 0 Å². The summed E-state index contributed by atoms with van der Waals surface area (Å²) in [6, 6.07) is 1.96. The quantitative estimate of drug-likeness (QED) is 0.671. The third-order valence-electron chi connectivity index (χ3n) is 2.55. The first-order chi connectivity index (χ1) is 7.41. The van der Waals surface area contributed by atoms with E-state index in [2.05, 4.69) is 13.8 Å². The highest BCUT2D eigenvalue weighted by Gasteiger charge is 2.17. The van der Waals surface area contributed by atoms with Crippen molar-refractivity contribution in [2.45, 2.75) is 32.7 Å². The number of nitrogens with two attached hydrogens (primary N) is 1. The zero-order chi connectivity index (χ0) is 12.3. The van der Waals surface area contributed by atoms with Gasteiger partial charge in [-0.2, -0.15) is 0 Å². The van der Waals surface area contributed by atoms with E-state index < -0.39 is 6.04 Å². The molecule has 0 fully saturated rings. The number of phenolic OH excluding ortho intramolecular Hbond substituents is 3. The van der Waals surface area contributed by atoms with Crippen molar-refractivity contribution in [3.05, 3.63) is 17.7 Å². The molecule has 0 radical (unpaired) electrons. The van der Waals surface area contributed by atoms with Crippen LogP contribution < -0.4 is 5.73 Å². The van der Waals surface area contributed by atoms with E-state index in [1.807, 2.05) is 0 Å². The zero-order valence-corrected chi connectivity index (χ0v) is 10.9. The summed E-state index contributed by atoms with van der Waals surface area (Å²) in [7, 11) is 0. The van der Waals surface area contributed by atoms with E-state index in [1.54, 1.807) is 0 Å². The van der Waals surface area contributed by atoms with Crippen LogP contribution in [0.25, 0.3) is 0 Å². The molecule has 5 heteroatoms. The van der Waals surface area contributed by atoms with Gasteiger partial charge in [0.25, 0.3) is 0 Å². The fourth-order valence-electron chi connectivity index (χ4n) is 1.65. The molecule has 0 aliphatic rings. The summed E-state index contributed by atoms with van der Waals surface area (Å²) in [6.45, 7) is 4.17. The molecule has 17 heavy (non-hydrogen) atoms.